The molecule has 184 valence electrons. The predicted octanol–water partition coefficient (Wildman–Crippen LogP) is 6.43. The zero-order valence-electron chi connectivity index (χ0n) is 19.4. The van der Waals surface area contributed by atoms with Crippen LogP contribution in [0.3, 0.4) is 0 Å². The van der Waals surface area contributed by atoms with Gasteiger partial charge in [0, 0.05) is 4.47 Å². The van der Waals surface area contributed by atoms with Gasteiger partial charge in [0.05, 0.1) is 16.1 Å². The van der Waals surface area contributed by atoms with Crippen molar-refractivity contribution in [2.45, 2.75) is 24.8 Å². The molecule has 0 radical (unpaired) electrons. The average Bonchev–Trinajstić information content (AvgIpc) is 2.85. The molecule has 4 aromatic carbocycles. The van der Waals surface area contributed by atoms with Crippen molar-refractivity contribution >= 4 is 37.6 Å². The van der Waals surface area contributed by atoms with Crippen LogP contribution in [0.1, 0.15) is 32.6 Å². The van der Waals surface area contributed by atoms with E-state index in [0.29, 0.717) is 34.4 Å². The Balaban J connectivity index is 1.71. The number of carbonyl (C=O) groups is 1. The SMILES string of the molecule is Cc1cc(Br)cc(C(=O)O)c1NS(=O)(=O)c1ccc(OCc2ccccc2)cc1Cc1ccccc1. The Kier molecular flexibility index (Phi) is 7.76. The number of hydrogen-bond acceptors (Lipinski definition) is 4. The first-order chi connectivity index (χ1) is 17.2. The number of sulfonamides is 1. The minimum absolute atomic E-state index is 0.0285. The van der Waals surface area contributed by atoms with Gasteiger partial charge >= 0.3 is 5.97 Å². The average molecular weight is 566 g/mol. The molecule has 0 saturated carbocycles. The Bertz CT molecular complexity index is 1490. The number of carboxylic acids is 1. The summed E-state index contributed by atoms with van der Waals surface area (Å²) in [7, 11) is -4.12. The van der Waals surface area contributed by atoms with E-state index in [1.165, 1.54) is 12.1 Å². The molecule has 0 heterocycles. The fourth-order valence-corrected chi connectivity index (χ4v) is 5.78. The highest BCUT2D eigenvalue weighted by Gasteiger charge is 2.24. The van der Waals surface area contributed by atoms with Gasteiger partial charge in [0.15, 0.2) is 0 Å². The monoisotopic (exact) mass is 565 g/mol. The van der Waals surface area contributed by atoms with Crippen molar-refractivity contribution in [1.29, 1.82) is 0 Å². The van der Waals surface area contributed by atoms with E-state index in [1.54, 1.807) is 25.1 Å². The van der Waals surface area contributed by atoms with Gasteiger partial charge in [0.2, 0.25) is 0 Å². The molecule has 0 atom stereocenters. The van der Waals surface area contributed by atoms with Crippen molar-refractivity contribution in [1.82, 2.24) is 0 Å². The van der Waals surface area contributed by atoms with E-state index in [9.17, 15) is 18.3 Å². The number of rotatable bonds is 9. The van der Waals surface area contributed by atoms with Crippen LogP contribution in [0.2, 0.25) is 0 Å². The van der Waals surface area contributed by atoms with Gasteiger partial charge < -0.3 is 9.84 Å². The quantitative estimate of drug-likeness (QED) is 0.244. The van der Waals surface area contributed by atoms with E-state index in [-0.39, 0.29) is 16.1 Å². The van der Waals surface area contributed by atoms with Gasteiger partial charge in [-0.3, -0.25) is 4.72 Å². The fourth-order valence-electron chi connectivity index (χ4n) is 3.84. The maximum absolute atomic E-state index is 13.6. The van der Waals surface area contributed by atoms with Crippen molar-refractivity contribution in [3.8, 4) is 5.75 Å². The Morgan fingerprint density at radius 1 is 0.917 bits per heavy atom. The summed E-state index contributed by atoms with van der Waals surface area (Å²) in [5.41, 5.74) is 2.83. The number of carboxylic acid groups (broad SMARTS) is 1. The summed E-state index contributed by atoms with van der Waals surface area (Å²) in [4.78, 5) is 11.9. The fraction of sp³-hybridized carbons (Fsp3) is 0.107. The van der Waals surface area contributed by atoms with Gasteiger partial charge in [-0.15, -0.1) is 0 Å². The second kappa shape index (κ2) is 11.0. The third-order valence-corrected chi connectivity index (χ3v) is 7.48. The number of hydrogen-bond donors (Lipinski definition) is 2. The molecule has 0 unspecified atom stereocenters. The van der Waals surface area contributed by atoms with Crippen molar-refractivity contribution < 1.29 is 23.1 Å². The summed E-state index contributed by atoms with van der Waals surface area (Å²) in [6.45, 7) is 2.00. The van der Waals surface area contributed by atoms with Crippen LogP contribution in [0.25, 0.3) is 0 Å². The standard InChI is InChI=1S/C28H24BrNO5S/c1-19-14-23(29)17-25(28(31)32)27(19)30-36(33,34)26-13-12-24(35-18-21-10-6-3-7-11-21)16-22(26)15-20-8-4-2-5-9-20/h2-14,16-17,30H,15,18H2,1H3,(H,31,32). The zero-order valence-corrected chi connectivity index (χ0v) is 21.8. The molecule has 0 bridgehead atoms. The summed E-state index contributed by atoms with van der Waals surface area (Å²) in [6, 6.07) is 27.1. The van der Waals surface area contributed by atoms with Crippen LogP contribution in [0.15, 0.2) is 100 Å². The molecule has 0 saturated heterocycles. The number of nitrogens with one attached hydrogen (secondary N) is 1. The summed E-state index contributed by atoms with van der Waals surface area (Å²) < 4.78 is 36.1. The lowest BCUT2D eigenvalue weighted by atomic mass is 10.0. The number of ether oxygens (including phenoxy) is 1. The van der Waals surface area contributed by atoms with Crippen LogP contribution in [-0.4, -0.2) is 19.5 Å². The van der Waals surface area contributed by atoms with Gasteiger partial charge in [-0.2, -0.15) is 0 Å². The van der Waals surface area contributed by atoms with E-state index in [0.717, 1.165) is 11.1 Å². The normalized spacial score (nSPS) is 11.2. The Hall–Kier alpha value is -3.62. The highest BCUT2D eigenvalue weighted by Crippen LogP contribution is 2.31. The minimum atomic E-state index is -4.12. The van der Waals surface area contributed by atoms with Gasteiger partial charge in [0.1, 0.15) is 12.4 Å². The first-order valence-corrected chi connectivity index (χ1v) is 13.4. The third-order valence-electron chi connectivity index (χ3n) is 5.57. The molecule has 0 aliphatic carbocycles. The van der Waals surface area contributed by atoms with Crippen LogP contribution in [-0.2, 0) is 23.1 Å². The second-order valence-electron chi connectivity index (χ2n) is 8.26. The summed E-state index contributed by atoms with van der Waals surface area (Å²) in [5, 5.41) is 9.65. The molecule has 0 amide bonds. The zero-order chi connectivity index (χ0) is 25.7. The van der Waals surface area contributed by atoms with Crippen LogP contribution in [0.5, 0.6) is 5.75 Å². The van der Waals surface area contributed by atoms with Gasteiger partial charge in [0.25, 0.3) is 10.0 Å². The van der Waals surface area contributed by atoms with Crippen LogP contribution >= 0.6 is 15.9 Å². The first kappa shape index (κ1) is 25.5. The molecule has 6 nitrogen and oxygen atoms in total. The highest BCUT2D eigenvalue weighted by atomic mass is 79.9. The number of aromatic carboxylic acids is 1. The molecular formula is C28H24BrNO5S. The Labute approximate surface area is 218 Å². The van der Waals surface area contributed by atoms with Gasteiger partial charge in [-0.1, -0.05) is 76.6 Å². The minimum Gasteiger partial charge on any atom is -0.489 e. The number of aryl methyl sites for hydroxylation is 1. The highest BCUT2D eigenvalue weighted by molar-refractivity contribution is 9.10. The van der Waals surface area contributed by atoms with Crippen molar-refractivity contribution in [2.75, 3.05) is 4.72 Å². The molecule has 0 fully saturated rings. The molecular weight excluding hydrogens is 542 g/mol. The molecule has 8 heteroatoms. The lowest BCUT2D eigenvalue weighted by Gasteiger charge is -2.17. The smallest absolute Gasteiger partial charge is 0.337 e. The molecule has 0 aliphatic rings. The van der Waals surface area contributed by atoms with Crippen LogP contribution in [0.4, 0.5) is 5.69 Å². The molecule has 36 heavy (non-hydrogen) atoms. The maximum Gasteiger partial charge on any atom is 0.337 e. The largest absolute Gasteiger partial charge is 0.489 e. The third kappa shape index (κ3) is 6.13. The molecule has 4 aromatic rings. The van der Waals surface area contributed by atoms with E-state index < -0.39 is 16.0 Å². The van der Waals surface area contributed by atoms with Crippen molar-refractivity contribution in [3.05, 3.63) is 123 Å². The van der Waals surface area contributed by atoms with E-state index >= 15 is 0 Å². The van der Waals surface area contributed by atoms with Crippen LogP contribution < -0.4 is 9.46 Å². The van der Waals surface area contributed by atoms with Gasteiger partial charge in [-0.25, -0.2) is 13.2 Å². The Morgan fingerprint density at radius 3 is 2.19 bits per heavy atom. The molecule has 4 rings (SSSR count). The topological polar surface area (TPSA) is 92.7 Å². The molecule has 0 aliphatic heterocycles. The maximum atomic E-state index is 13.6. The lowest BCUT2D eigenvalue weighted by molar-refractivity contribution is 0.0698. The second-order valence-corrected chi connectivity index (χ2v) is 10.8. The number of benzene rings is 4. The molecule has 0 spiro atoms. The first-order valence-electron chi connectivity index (χ1n) is 11.1. The lowest BCUT2D eigenvalue weighted by Crippen LogP contribution is -2.18. The van der Waals surface area contributed by atoms with E-state index in [1.807, 2.05) is 60.7 Å². The van der Waals surface area contributed by atoms with Gasteiger partial charge in [-0.05, 0) is 65.9 Å². The van der Waals surface area contributed by atoms with Crippen LogP contribution in [0, 0.1) is 6.92 Å². The summed E-state index contributed by atoms with van der Waals surface area (Å²) in [5.74, 6) is -0.693. The van der Waals surface area contributed by atoms with Crippen molar-refractivity contribution in [2.24, 2.45) is 0 Å². The van der Waals surface area contributed by atoms with E-state index in [4.69, 9.17) is 4.74 Å². The Morgan fingerprint density at radius 2 is 1.56 bits per heavy atom. The molecule has 2 N–H and O–H groups in total. The van der Waals surface area contributed by atoms with Crippen molar-refractivity contribution in [3.63, 3.8) is 0 Å². The summed E-state index contributed by atoms with van der Waals surface area (Å²) in [6.07, 6.45) is 0.352. The predicted molar refractivity (Wildman–Crippen MR) is 143 cm³/mol. The molecule has 0 aromatic heterocycles. The number of anilines is 1. The van der Waals surface area contributed by atoms with E-state index in [2.05, 4.69) is 20.7 Å². The summed E-state index contributed by atoms with van der Waals surface area (Å²) >= 11 is 3.27. The number of halogens is 1.